The largest absolute Gasteiger partial charge is 0.478 e. The molecule has 0 fully saturated rings. The second-order valence-electron chi connectivity index (χ2n) is 5.83. The summed E-state index contributed by atoms with van der Waals surface area (Å²) in [6.45, 7) is 9.33. The topological polar surface area (TPSA) is 42.2 Å². The molecule has 3 nitrogen and oxygen atoms in total. The highest BCUT2D eigenvalue weighted by Gasteiger charge is 2.19. The fraction of sp³-hybridized carbons (Fsp3) is 0.500. The van der Waals surface area contributed by atoms with E-state index in [1.807, 2.05) is 6.92 Å². The molecule has 0 saturated heterocycles. The fourth-order valence-electron chi connectivity index (χ4n) is 3.15. The Morgan fingerprint density at radius 2 is 1.90 bits per heavy atom. The van der Waals surface area contributed by atoms with Crippen LogP contribution in [0.15, 0.2) is 12.1 Å². The second-order valence-corrected chi connectivity index (χ2v) is 5.83. The number of carbonyl (C=O) groups is 1. The molecule has 0 bridgehead atoms. The molecule has 0 radical (unpaired) electrons. The Balaban J connectivity index is 2.80. The molecule has 0 unspecified atom stereocenters. The molecule has 114 valence electrons. The van der Waals surface area contributed by atoms with Crippen LogP contribution >= 0.6 is 0 Å². The average molecular weight is 287 g/mol. The Morgan fingerprint density at radius 1 is 1.19 bits per heavy atom. The third kappa shape index (κ3) is 2.82. The van der Waals surface area contributed by atoms with Gasteiger partial charge in [-0.15, -0.1) is 0 Å². The minimum atomic E-state index is -0.831. The summed E-state index contributed by atoms with van der Waals surface area (Å²) in [5.41, 5.74) is 4.90. The predicted molar refractivity (Wildman–Crippen MR) is 87.3 cm³/mol. The highest BCUT2D eigenvalue weighted by atomic mass is 16.4. The first-order valence-electron chi connectivity index (χ1n) is 7.86. The van der Waals surface area contributed by atoms with Crippen molar-refractivity contribution in [1.82, 2.24) is 4.57 Å². The van der Waals surface area contributed by atoms with E-state index in [9.17, 15) is 9.90 Å². The van der Waals surface area contributed by atoms with Crippen LogP contribution in [-0.4, -0.2) is 15.6 Å². The Morgan fingerprint density at radius 3 is 2.48 bits per heavy atom. The molecule has 0 atom stereocenters. The van der Waals surface area contributed by atoms with Crippen molar-refractivity contribution in [3.05, 3.63) is 34.5 Å². The highest BCUT2D eigenvalue weighted by Crippen LogP contribution is 2.31. The maximum Gasteiger partial charge on any atom is 0.337 e. The summed E-state index contributed by atoms with van der Waals surface area (Å²) in [6.07, 6.45) is 4.26. The number of carboxylic acids is 1. The van der Waals surface area contributed by atoms with E-state index in [0.717, 1.165) is 48.7 Å². The van der Waals surface area contributed by atoms with Gasteiger partial charge in [0.2, 0.25) is 0 Å². The number of carboxylic acid groups (broad SMARTS) is 1. The van der Waals surface area contributed by atoms with Gasteiger partial charge in [0.25, 0.3) is 0 Å². The van der Waals surface area contributed by atoms with Crippen LogP contribution in [0.4, 0.5) is 0 Å². The summed E-state index contributed by atoms with van der Waals surface area (Å²) in [6, 6.07) is 3.94. The molecular formula is C18H25NO2. The van der Waals surface area contributed by atoms with Gasteiger partial charge < -0.3 is 9.67 Å². The molecule has 1 heterocycles. The standard InChI is InChI=1S/C18H25NO2/c1-5-7-9-19-13(4)14(8-6-2)15-10-12(3)11-16(17(15)19)18(20)21/h10-11H,5-9H2,1-4H3,(H,20,21). The van der Waals surface area contributed by atoms with Gasteiger partial charge in [0.05, 0.1) is 11.1 Å². The third-order valence-electron chi connectivity index (χ3n) is 4.16. The normalized spacial score (nSPS) is 11.2. The van der Waals surface area contributed by atoms with Crippen molar-refractivity contribution >= 4 is 16.9 Å². The lowest BCUT2D eigenvalue weighted by molar-refractivity contribution is 0.0698. The number of aromatic carboxylic acids is 1. The van der Waals surface area contributed by atoms with Gasteiger partial charge in [-0.3, -0.25) is 0 Å². The summed E-state index contributed by atoms with van der Waals surface area (Å²) in [7, 11) is 0. The molecule has 0 amide bonds. The number of hydrogen-bond donors (Lipinski definition) is 1. The molecule has 1 aromatic heterocycles. The van der Waals surface area contributed by atoms with Crippen LogP contribution in [0, 0.1) is 13.8 Å². The Kier molecular flexibility index (Phi) is 4.71. The number of aryl methyl sites for hydroxylation is 3. The maximum atomic E-state index is 11.7. The van der Waals surface area contributed by atoms with E-state index in [1.54, 1.807) is 6.07 Å². The molecule has 3 heteroatoms. The first-order chi connectivity index (χ1) is 10.0. The van der Waals surface area contributed by atoms with Crippen LogP contribution in [0.5, 0.6) is 0 Å². The molecule has 1 N–H and O–H groups in total. The number of rotatable bonds is 6. The van der Waals surface area contributed by atoms with Crippen molar-refractivity contribution in [2.75, 3.05) is 0 Å². The lowest BCUT2D eigenvalue weighted by atomic mass is 10.0. The van der Waals surface area contributed by atoms with Gasteiger partial charge in [-0.25, -0.2) is 4.79 Å². The van der Waals surface area contributed by atoms with Crippen LogP contribution in [0.2, 0.25) is 0 Å². The van der Waals surface area contributed by atoms with Crippen LogP contribution in [0.1, 0.15) is 60.3 Å². The molecule has 1 aromatic carbocycles. The smallest absolute Gasteiger partial charge is 0.337 e. The monoisotopic (exact) mass is 287 g/mol. The third-order valence-corrected chi connectivity index (χ3v) is 4.16. The van der Waals surface area contributed by atoms with Gasteiger partial charge in [0, 0.05) is 17.6 Å². The van der Waals surface area contributed by atoms with Crippen molar-refractivity contribution in [1.29, 1.82) is 0 Å². The molecular weight excluding hydrogens is 262 g/mol. The number of fused-ring (bicyclic) bond motifs is 1. The van der Waals surface area contributed by atoms with Crippen LogP contribution < -0.4 is 0 Å². The number of hydrogen-bond acceptors (Lipinski definition) is 1. The highest BCUT2D eigenvalue weighted by molar-refractivity contribution is 6.04. The molecule has 0 spiro atoms. The number of nitrogens with zero attached hydrogens (tertiary/aromatic N) is 1. The van der Waals surface area contributed by atoms with Crippen LogP contribution in [0.25, 0.3) is 10.9 Å². The number of benzene rings is 1. The molecule has 0 aliphatic carbocycles. The molecule has 2 rings (SSSR count). The van der Waals surface area contributed by atoms with Crippen LogP contribution in [-0.2, 0) is 13.0 Å². The van der Waals surface area contributed by atoms with Gasteiger partial charge in [-0.2, -0.15) is 0 Å². The first kappa shape index (κ1) is 15.6. The van der Waals surface area contributed by atoms with E-state index in [-0.39, 0.29) is 0 Å². The van der Waals surface area contributed by atoms with Gasteiger partial charge >= 0.3 is 5.97 Å². The summed E-state index contributed by atoms with van der Waals surface area (Å²) in [4.78, 5) is 11.7. The molecule has 21 heavy (non-hydrogen) atoms. The Labute approximate surface area is 126 Å². The van der Waals surface area contributed by atoms with E-state index < -0.39 is 5.97 Å². The van der Waals surface area contributed by atoms with Crippen LogP contribution in [0.3, 0.4) is 0 Å². The van der Waals surface area contributed by atoms with Crippen molar-refractivity contribution < 1.29 is 9.90 Å². The molecule has 0 aliphatic rings. The maximum absolute atomic E-state index is 11.7. The van der Waals surface area contributed by atoms with Crippen molar-refractivity contribution in [3.8, 4) is 0 Å². The quantitative estimate of drug-likeness (QED) is 0.836. The Bertz CT molecular complexity index is 668. The van der Waals surface area contributed by atoms with E-state index in [4.69, 9.17) is 0 Å². The van der Waals surface area contributed by atoms with E-state index in [2.05, 4.69) is 31.4 Å². The van der Waals surface area contributed by atoms with E-state index >= 15 is 0 Å². The zero-order valence-electron chi connectivity index (χ0n) is 13.5. The molecule has 0 aliphatic heterocycles. The zero-order chi connectivity index (χ0) is 15.6. The minimum Gasteiger partial charge on any atom is -0.478 e. The first-order valence-corrected chi connectivity index (χ1v) is 7.86. The molecule has 0 saturated carbocycles. The summed E-state index contributed by atoms with van der Waals surface area (Å²) >= 11 is 0. The number of aromatic nitrogens is 1. The van der Waals surface area contributed by atoms with Gasteiger partial charge in [0.15, 0.2) is 0 Å². The summed E-state index contributed by atoms with van der Waals surface area (Å²) in [5, 5.41) is 10.7. The van der Waals surface area contributed by atoms with E-state index in [0.29, 0.717) is 5.56 Å². The zero-order valence-corrected chi connectivity index (χ0v) is 13.5. The summed E-state index contributed by atoms with van der Waals surface area (Å²) < 4.78 is 2.22. The van der Waals surface area contributed by atoms with Crippen molar-refractivity contribution in [2.24, 2.45) is 0 Å². The predicted octanol–water partition coefficient (Wildman–Crippen LogP) is 4.71. The van der Waals surface area contributed by atoms with Gasteiger partial charge in [-0.05, 0) is 49.9 Å². The minimum absolute atomic E-state index is 0.437. The summed E-state index contributed by atoms with van der Waals surface area (Å²) in [5.74, 6) is -0.831. The lowest BCUT2D eigenvalue weighted by Gasteiger charge is -2.10. The van der Waals surface area contributed by atoms with Gasteiger partial charge in [0.1, 0.15) is 0 Å². The van der Waals surface area contributed by atoms with Crippen molar-refractivity contribution in [3.63, 3.8) is 0 Å². The van der Waals surface area contributed by atoms with Gasteiger partial charge in [-0.1, -0.05) is 26.7 Å². The SMILES string of the molecule is CCCCn1c(C)c(CCC)c2cc(C)cc(C(=O)O)c21. The Hall–Kier alpha value is -1.77. The fourth-order valence-corrected chi connectivity index (χ4v) is 3.15. The van der Waals surface area contributed by atoms with E-state index in [1.165, 1.54) is 11.3 Å². The lowest BCUT2D eigenvalue weighted by Crippen LogP contribution is -2.05. The average Bonchev–Trinajstić information content (AvgIpc) is 2.69. The number of unbranched alkanes of at least 4 members (excludes halogenated alkanes) is 1. The van der Waals surface area contributed by atoms with Crippen molar-refractivity contribution in [2.45, 2.75) is 59.9 Å². The second kappa shape index (κ2) is 6.33. The molecule has 2 aromatic rings.